The molecule has 0 spiro atoms. The smallest absolute Gasteiger partial charge is 0.242 e. The Bertz CT molecular complexity index is 1120. The number of carbonyl (C=O) groups excluding carboxylic acids is 1. The van der Waals surface area contributed by atoms with Gasteiger partial charge >= 0.3 is 0 Å². The number of anilines is 1. The molecule has 148 valence electrons. The van der Waals surface area contributed by atoms with Crippen molar-refractivity contribution in [1.29, 1.82) is 0 Å². The van der Waals surface area contributed by atoms with E-state index >= 15 is 0 Å². The minimum Gasteiger partial charge on any atom is -0.331 e. The zero-order chi connectivity index (χ0) is 20.5. The van der Waals surface area contributed by atoms with Gasteiger partial charge in [0, 0.05) is 44.7 Å². The molecule has 0 saturated heterocycles. The zero-order valence-corrected chi connectivity index (χ0v) is 17.4. The van der Waals surface area contributed by atoms with Crippen molar-refractivity contribution in [2.45, 2.75) is 17.7 Å². The van der Waals surface area contributed by atoms with Gasteiger partial charge in [0.05, 0.1) is 15.9 Å². The lowest BCUT2D eigenvalue weighted by Crippen LogP contribution is -2.22. The number of aryl methyl sites for hydroxylation is 2. The number of carbonyl (C=O) groups is 1. The lowest BCUT2D eigenvalue weighted by molar-refractivity contribution is -0.116. The molecule has 7 nitrogen and oxygen atoms in total. The van der Waals surface area contributed by atoms with Crippen LogP contribution in [-0.2, 0) is 28.3 Å². The third-order valence-electron chi connectivity index (χ3n) is 4.43. The quantitative estimate of drug-likeness (QED) is 0.664. The Morgan fingerprint density at radius 3 is 2.50 bits per heavy atom. The molecule has 1 amide bonds. The van der Waals surface area contributed by atoms with Gasteiger partial charge < -0.3 is 9.88 Å². The number of hydrogen-bond donors (Lipinski definition) is 1. The number of hydrogen-bond acceptors (Lipinski definition) is 4. The Labute approximate surface area is 169 Å². The number of nitrogens with zero attached hydrogens (tertiary/aromatic N) is 3. The number of aromatic nitrogens is 2. The van der Waals surface area contributed by atoms with Crippen LogP contribution in [0.25, 0.3) is 11.0 Å². The maximum Gasteiger partial charge on any atom is 0.242 e. The van der Waals surface area contributed by atoms with E-state index in [0.29, 0.717) is 28.5 Å². The van der Waals surface area contributed by atoms with Crippen LogP contribution in [0.3, 0.4) is 0 Å². The molecule has 0 saturated carbocycles. The molecular weight excluding hydrogens is 400 g/mol. The molecule has 0 aliphatic heterocycles. The third kappa shape index (κ3) is 4.19. The van der Waals surface area contributed by atoms with Gasteiger partial charge in [-0.15, -0.1) is 0 Å². The summed E-state index contributed by atoms with van der Waals surface area (Å²) < 4.78 is 27.7. The topological polar surface area (TPSA) is 84.3 Å². The molecule has 0 bridgehead atoms. The van der Waals surface area contributed by atoms with Crippen molar-refractivity contribution in [2.75, 3.05) is 19.4 Å². The van der Waals surface area contributed by atoms with Crippen LogP contribution >= 0.6 is 11.6 Å². The van der Waals surface area contributed by atoms with Crippen molar-refractivity contribution < 1.29 is 13.2 Å². The molecule has 1 N–H and O–H groups in total. The molecule has 0 aliphatic carbocycles. The van der Waals surface area contributed by atoms with E-state index in [9.17, 15) is 13.2 Å². The van der Waals surface area contributed by atoms with Crippen molar-refractivity contribution in [3.63, 3.8) is 0 Å². The van der Waals surface area contributed by atoms with Crippen molar-refractivity contribution >= 4 is 44.3 Å². The van der Waals surface area contributed by atoms with E-state index in [4.69, 9.17) is 11.6 Å². The minimum absolute atomic E-state index is 0.134. The molecule has 0 aliphatic rings. The Morgan fingerprint density at radius 1 is 1.18 bits per heavy atom. The number of benzene rings is 2. The number of nitrogens with one attached hydrogen (secondary N) is 1. The van der Waals surface area contributed by atoms with Crippen molar-refractivity contribution in [3.8, 4) is 0 Å². The molecule has 0 radical (unpaired) electrons. The van der Waals surface area contributed by atoms with E-state index in [-0.39, 0.29) is 17.2 Å². The number of imidazole rings is 1. The lowest BCUT2D eigenvalue weighted by Gasteiger charge is -2.10. The van der Waals surface area contributed by atoms with Crippen LogP contribution in [0.5, 0.6) is 0 Å². The fourth-order valence-corrected chi connectivity index (χ4v) is 3.85. The van der Waals surface area contributed by atoms with Crippen LogP contribution in [0, 0.1) is 0 Å². The lowest BCUT2D eigenvalue weighted by atomic mass is 10.2. The van der Waals surface area contributed by atoms with Crippen molar-refractivity contribution in [1.82, 2.24) is 13.9 Å². The highest BCUT2D eigenvalue weighted by Gasteiger charge is 2.19. The first-order valence-electron chi connectivity index (χ1n) is 8.62. The number of halogens is 1. The van der Waals surface area contributed by atoms with Gasteiger partial charge in [-0.1, -0.05) is 11.6 Å². The SMILES string of the molecule is CN(C)S(=O)(=O)c1ccc2c(c1)nc(CCC(=O)Nc1ccc(Cl)cc1)n2C. The molecular formula is C19H21ClN4O3S. The highest BCUT2D eigenvalue weighted by Crippen LogP contribution is 2.22. The Balaban J connectivity index is 1.75. The van der Waals surface area contributed by atoms with Gasteiger partial charge in [0.25, 0.3) is 0 Å². The summed E-state index contributed by atoms with van der Waals surface area (Å²) >= 11 is 5.84. The number of sulfonamides is 1. The highest BCUT2D eigenvalue weighted by molar-refractivity contribution is 7.89. The van der Waals surface area contributed by atoms with Crippen LogP contribution in [0.4, 0.5) is 5.69 Å². The van der Waals surface area contributed by atoms with E-state index in [1.54, 1.807) is 42.5 Å². The zero-order valence-electron chi connectivity index (χ0n) is 15.8. The molecule has 2 aromatic carbocycles. The average Bonchev–Trinajstić information content (AvgIpc) is 2.97. The van der Waals surface area contributed by atoms with Crippen LogP contribution in [0.1, 0.15) is 12.2 Å². The second-order valence-corrected chi connectivity index (χ2v) is 9.17. The highest BCUT2D eigenvalue weighted by atomic mass is 35.5. The summed E-state index contributed by atoms with van der Waals surface area (Å²) in [4.78, 5) is 16.9. The first-order valence-corrected chi connectivity index (χ1v) is 10.4. The summed E-state index contributed by atoms with van der Waals surface area (Å²) in [6.45, 7) is 0. The molecule has 28 heavy (non-hydrogen) atoms. The van der Waals surface area contributed by atoms with E-state index in [0.717, 1.165) is 5.52 Å². The summed E-state index contributed by atoms with van der Waals surface area (Å²) in [7, 11) is 1.30. The third-order valence-corrected chi connectivity index (χ3v) is 6.49. The summed E-state index contributed by atoms with van der Waals surface area (Å²) in [5.74, 6) is 0.575. The molecule has 1 aromatic heterocycles. The first-order chi connectivity index (χ1) is 13.2. The van der Waals surface area contributed by atoms with Gasteiger partial charge in [-0.05, 0) is 42.5 Å². The van der Waals surface area contributed by atoms with Gasteiger partial charge in [-0.2, -0.15) is 0 Å². The van der Waals surface area contributed by atoms with Gasteiger partial charge in [0.15, 0.2) is 0 Å². The molecule has 1 heterocycles. The number of rotatable bonds is 6. The second-order valence-electron chi connectivity index (χ2n) is 6.58. The predicted octanol–water partition coefficient (Wildman–Crippen LogP) is 3.05. The normalized spacial score (nSPS) is 11.9. The van der Waals surface area contributed by atoms with Gasteiger partial charge in [-0.25, -0.2) is 17.7 Å². The summed E-state index contributed by atoms with van der Waals surface area (Å²) in [5.41, 5.74) is 2.07. The molecule has 0 atom stereocenters. The van der Waals surface area contributed by atoms with E-state index in [2.05, 4.69) is 10.3 Å². The molecule has 3 rings (SSSR count). The summed E-state index contributed by atoms with van der Waals surface area (Å²) in [5, 5.41) is 3.42. The fourth-order valence-electron chi connectivity index (χ4n) is 2.81. The summed E-state index contributed by atoms with van der Waals surface area (Å²) in [6, 6.07) is 11.8. The molecule has 0 unspecified atom stereocenters. The molecule has 0 fully saturated rings. The van der Waals surface area contributed by atoms with Crippen molar-refractivity contribution in [2.24, 2.45) is 7.05 Å². The number of fused-ring (bicyclic) bond motifs is 1. The molecule has 3 aromatic rings. The number of amides is 1. The van der Waals surface area contributed by atoms with Crippen LogP contribution in [-0.4, -0.2) is 42.3 Å². The standard InChI is InChI=1S/C19H21ClN4O3S/c1-23(2)28(26,27)15-8-9-17-16(12-15)22-18(24(17)3)10-11-19(25)21-14-6-4-13(20)5-7-14/h4-9,12H,10-11H2,1-3H3,(H,21,25). The van der Waals surface area contributed by atoms with Crippen LogP contribution < -0.4 is 5.32 Å². The van der Waals surface area contributed by atoms with Gasteiger partial charge in [0.2, 0.25) is 15.9 Å². The fraction of sp³-hybridized carbons (Fsp3) is 0.263. The second kappa shape index (κ2) is 7.90. The maximum atomic E-state index is 12.3. The minimum atomic E-state index is -3.52. The van der Waals surface area contributed by atoms with Crippen LogP contribution in [0.2, 0.25) is 5.02 Å². The maximum absolute atomic E-state index is 12.3. The average molecular weight is 421 g/mol. The van der Waals surface area contributed by atoms with E-state index < -0.39 is 10.0 Å². The van der Waals surface area contributed by atoms with E-state index in [1.807, 2.05) is 11.6 Å². The Hall–Kier alpha value is -2.42. The van der Waals surface area contributed by atoms with Crippen molar-refractivity contribution in [3.05, 3.63) is 53.3 Å². The molecule has 9 heteroatoms. The predicted molar refractivity (Wildman–Crippen MR) is 110 cm³/mol. The Kier molecular flexibility index (Phi) is 5.74. The first kappa shape index (κ1) is 20.3. The van der Waals surface area contributed by atoms with E-state index in [1.165, 1.54) is 18.4 Å². The van der Waals surface area contributed by atoms with Crippen LogP contribution in [0.15, 0.2) is 47.4 Å². The monoisotopic (exact) mass is 420 g/mol. The largest absolute Gasteiger partial charge is 0.331 e. The van der Waals surface area contributed by atoms with Gasteiger partial charge in [0.1, 0.15) is 5.82 Å². The Morgan fingerprint density at radius 2 is 1.86 bits per heavy atom. The summed E-state index contributed by atoms with van der Waals surface area (Å²) in [6.07, 6.45) is 0.684. The van der Waals surface area contributed by atoms with Gasteiger partial charge in [-0.3, -0.25) is 4.79 Å².